The highest BCUT2D eigenvalue weighted by Crippen LogP contribution is 2.29. The molecule has 0 bridgehead atoms. The van der Waals surface area contributed by atoms with Crippen LogP contribution in [0, 0.1) is 6.92 Å². The van der Waals surface area contributed by atoms with Gasteiger partial charge in [0.05, 0.1) is 6.61 Å². The minimum atomic E-state index is 0.105. The average Bonchev–Trinajstić information content (AvgIpc) is 2.15. The van der Waals surface area contributed by atoms with E-state index in [0.29, 0.717) is 0 Å². The number of hydrogen-bond acceptors (Lipinski definition) is 1. The van der Waals surface area contributed by atoms with Crippen molar-refractivity contribution in [2.24, 2.45) is 0 Å². The van der Waals surface area contributed by atoms with Crippen LogP contribution in [-0.4, -0.2) is 5.11 Å². The Hall–Kier alpha value is -0.820. The van der Waals surface area contributed by atoms with Crippen LogP contribution < -0.4 is 0 Å². The van der Waals surface area contributed by atoms with Crippen LogP contribution in [0.1, 0.15) is 49.9 Å². The summed E-state index contributed by atoms with van der Waals surface area (Å²) >= 11 is 0. The zero-order valence-corrected chi connectivity index (χ0v) is 10.5. The molecule has 0 unspecified atom stereocenters. The summed E-state index contributed by atoms with van der Waals surface area (Å²) in [5, 5.41) is 9.48. The van der Waals surface area contributed by atoms with Crippen LogP contribution in [0.25, 0.3) is 0 Å². The van der Waals surface area contributed by atoms with E-state index in [1.807, 2.05) is 0 Å². The van der Waals surface area contributed by atoms with Crippen molar-refractivity contribution in [3.63, 3.8) is 0 Å². The molecule has 1 N–H and O–H groups in total. The summed E-state index contributed by atoms with van der Waals surface area (Å²) < 4.78 is 0. The summed E-state index contributed by atoms with van der Waals surface area (Å²) in [7, 11) is 0. The molecule has 0 aliphatic carbocycles. The fraction of sp³-hybridized carbons (Fsp3) is 0.571. The summed E-state index contributed by atoms with van der Waals surface area (Å²) in [4.78, 5) is 0. The van der Waals surface area contributed by atoms with E-state index in [1.54, 1.807) is 0 Å². The number of aliphatic hydroxyl groups is 1. The molecule has 0 amide bonds. The molecule has 0 atom stereocenters. The first kappa shape index (κ1) is 12.3. The molecule has 1 rings (SSSR count). The Morgan fingerprint density at radius 3 is 2.20 bits per heavy atom. The van der Waals surface area contributed by atoms with Gasteiger partial charge in [-0.1, -0.05) is 45.4 Å². The largest absolute Gasteiger partial charge is 0.392 e. The molecule has 0 saturated heterocycles. The lowest BCUT2D eigenvalue weighted by atomic mass is 9.81. The van der Waals surface area contributed by atoms with E-state index in [0.717, 1.165) is 12.0 Å². The van der Waals surface area contributed by atoms with Crippen LogP contribution in [0.5, 0.6) is 0 Å². The summed E-state index contributed by atoms with van der Waals surface area (Å²) in [6.07, 6.45) is 0.987. The first-order chi connectivity index (χ1) is 6.90. The SMILES string of the molecule is CCc1cc(C)cc(C(C)(C)C)c1CO. The molecule has 1 nitrogen and oxygen atoms in total. The summed E-state index contributed by atoms with van der Waals surface area (Å²) in [6.45, 7) is 11.0. The topological polar surface area (TPSA) is 20.2 Å². The Kier molecular flexibility index (Phi) is 3.56. The van der Waals surface area contributed by atoms with Crippen molar-refractivity contribution in [2.75, 3.05) is 0 Å². The third kappa shape index (κ3) is 2.60. The molecule has 0 heterocycles. The van der Waals surface area contributed by atoms with Crippen molar-refractivity contribution in [3.05, 3.63) is 34.4 Å². The Labute approximate surface area is 93.1 Å². The van der Waals surface area contributed by atoms with Gasteiger partial charge in [-0.25, -0.2) is 0 Å². The van der Waals surface area contributed by atoms with Crippen LogP contribution in [0.15, 0.2) is 12.1 Å². The standard InChI is InChI=1S/C14H22O/c1-6-11-7-10(2)8-13(12(11)9-15)14(3,4)5/h7-8,15H,6,9H2,1-5H3. The van der Waals surface area contributed by atoms with Crippen molar-refractivity contribution in [2.45, 2.75) is 53.1 Å². The molecule has 0 radical (unpaired) electrons. The maximum absolute atomic E-state index is 9.48. The van der Waals surface area contributed by atoms with E-state index >= 15 is 0 Å². The lowest BCUT2D eigenvalue weighted by Gasteiger charge is -2.25. The van der Waals surface area contributed by atoms with Gasteiger partial charge >= 0.3 is 0 Å². The Morgan fingerprint density at radius 1 is 1.20 bits per heavy atom. The minimum Gasteiger partial charge on any atom is -0.392 e. The van der Waals surface area contributed by atoms with Crippen molar-refractivity contribution < 1.29 is 5.11 Å². The van der Waals surface area contributed by atoms with Gasteiger partial charge in [-0.2, -0.15) is 0 Å². The second-order valence-electron chi connectivity index (χ2n) is 5.21. The van der Waals surface area contributed by atoms with Gasteiger partial charge in [-0.15, -0.1) is 0 Å². The number of hydrogen-bond donors (Lipinski definition) is 1. The van der Waals surface area contributed by atoms with Gasteiger partial charge in [-0.05, 0) is 35.4 Å². The predicted molar refractivity (Wildman–Crippen MR) is 65.2 cm³/mol. The van der Waals surface area contributed by atoms with Crippen LogP contribution in [-0.2, 0) is 18.4 Å². The van der Waals surface area contributed by atoms with Crippen molar-refractivity contribution in [1.82, 2.24) is 0 Å². The van der Waals surface area contributed by atoms with Crippen molar-refractivity contribution >= 4 is 0 Å². The summed E-state index contributed by atoms with van der Waals surface area (Å²) in [6, 6.07) is 4.38. The monoisotopic (exact) mass is 206 g/mol. The molecule has 0 fully saturated rings. The average molecular weight is 206 g/mol. The molecule has 1 aromatic carbocycles. The maximum atomic E-state index is 9.48. The molecular weight excluding hydrogens is 184 g/mol. The van der Waals surface area contributed by atoms with E-state index in [-0.39, 0.29) is 12.0 Å². The predicted octanol–water partition coefficient (Wildman–Crippen LogP) is 3.35. The van der Waals surface area contributed by atoms with Crippen molar-refractivity contribution in [1.29, 1.82) is 0 Å². The van der Waals surface area contributed by atoms with Gasteiger partial charge in [0.15, 0.2) is 0 Å². The van der Waals surface area contributed by atoms with E-state index in [4.69, 9.17) is 0 Å². The highest BCUT2D eigenvalue weighted by atomic mass is 16.3. The van der Waals surface area contributed by atoms with Gasteiger partial charge < -0.3 is 5.11 Å². The van der Waals surface area contributed by atoms with E-state index in [1.165, 1.54) is 16.7 Å². The fourth-order valence-electron chi connectivity index (χ4n) is 2.06. The normalized spacial score (nSPS) is 11.9. The van der Waals surface area contributed by atoms with Gasteiger partial charge in [0, 0.05) is 0 Å². The summed E-state index contributed by atoms with van der Waals surface area (Å²) in [5.74, 6) is 0. The number of benzene rings is 1. The molecule has 1 heteroatoms. The van der Waals surface area contributed by atoms with E-state index in [9.17, 15) is 5.11 Å². The van der Waals surface area contributed by atoms with Gasteiger partial charge in [0.25, 0.3) is 0 Å². The molecule has 84 valence electrons. The zero-order chi connectivity index (χ0) is 11.6. The van der Waals surface area contributed by atoms with Crippen LogP contribution in [0.4, 0.5) is 0 Å². The third-order valence-electron chi connectivity index (χ3n) is 2.83. The van der Waals surface area contributed by atoms with E-state index < -0.39 is 0 Å². The third-order valence-corrected chi connectivity index (χ3v) is 2.83. The lowest BCUT2D eigenvalue weighted by molar-refractivity contribution is 0.277. The first-order valence-corrected chi connectivity index (χ1v) is 5.64. The van der Waals surface area contributed by atoms with Gasteiger partial charge in [0.2, 0.25) is 0 Å². The molecule has 0 aliphatic heterocycles. The second-order valence-corrected chi connectivity index (χ2v) is 5.21. The Balaban J connectivity index is 3.42. The lowest BCUT2D eigenvalue weighted by Crippen LogP contribution is -2.16. The summed E-state index contributed by atoms with van der Waals surface area (Å²) in [5.41, 5.74) is 5.07. The number of rotatable bonds is 2. The van der Waals surface area contributed by atoms with Crippen LogP contribution in [0.3, 0.4) is 0 Å². The fourth-order valence-corrected chi connectivity index (χ4v) is 2.06. The highest BCUT2D eigenvalue weighted by Gasteiger charge is 2.19. The van der Waals surface area contributed by atoms with Crippen molar-refractivity contribution in [3.8, 4) is 0 Å². The van der Waals surface area contributed by atoms with Gasteiger partial charge in [0.1, 0.15) is 0 Å². The zero-order valence-electron chi connectivity index (χ0n) is 10.5. The van der Waals surface area contributed by atoms with Crippen LogP contribution in [0.2, 0.25) is 0 Å². The molecule has 0 saturated carbocycles. The smallest absolute Gasteiger partial charge is 0.0687 e. The second kappa shape index (κ2) is 4.36. The first-order valence-electron chi connectivity index (χ1n) is 5.64. The highest BCUT2D eigenvalue weighted by molar-refractivity contribution is 5.42. The molecule has 1 aromatic rings. The Morgan fingerprint density at radius 2 is 1.80 bits per heavy atom. The van der Waals surface area contributed by atoms with E-state index in [2.05, 4.69) is 46.8 Å². The molecular formula is C14H22O. The maximum Gasteiger partial charge on any atom is 0.0687 e. The minimum absolute atomic E-state index is 0.105. The number of aryl methyl sites for hydroxylation is 2. The molecule has 15 heavy (non-hydrogen) atoms. The van der Waals surface area contributed by atoms with Crippen LogP contribution >= 0.6 is 0 Å². The Bertz CT molecular complexity index is 345. The quantitative estimate of drug-likeness (QED) is 0.786. The van der Waals surface area contributed by atoms with Gasteiger partial charge in [-0.3, -0.25) is 0 Å². The molecule has 0 aliphatic rings. The number of aliphatic hydroxyl groups excluding tert-OH is 1. The molecule has 0 spiro atoms. The molecule has 0 aromatic heterocycles.